The van der Waals surface area contributed by atoms with Crippen molar-refractivity contribution < 1.29 is 46.8 Å². The summed E-state index contributed by atoms with van der Waals surface area (Å²) in [7, 11) is -5.23. The molecule has 1 rings (SSSR count). The van der Waals surface area contributed by atoms with Crippen molar-refractivity contribution in [1.82, 2.24) is 0 Å². The summed E-state index contributed by atoms with van der Waals surface area (Å²) in [4.78, 5) is 17.0. The molecule has 0 aliphatic carbocycles. The van der Waals surface area contributed by atoms with Crippen molar-refractivity contribution in [2.45, 2.75) is 30.7 Å². The Labute approximate surface area is 92.9 Å². The largest absolute Gasteiger partial charge is 0.469 e. The number of hydrogen-bond donors (Lipinski definition) is 6. The molecule has 0 aromatic rings. The zero-order chi connectivity index (χ0) is 14.3. The molecule has 0 amide bonds. The molecule has 1 aliphatic rings. The first-order chi connectivity index (χ1) is 7.96. The number of rotatable bonds is 3. The fourth-order valence-electron chi connectivity index (χ4n) is 1.08. The summed E-state index contributed by atoms with van der Waals surface area (Å²) in [5.74, 6) is 0. The number of ether oxygens (including phenoxy) is 1. The van der Waals surface area contributed by atoms with Crippen LogP contribution in [0.5, 0.6) is 0 Å². The average molecular weight is 262 g/mol. The van der Waals surface area contributed by atoms with Crippen molar-refractivity contribution in [2.75, 3.05) is 6.56 Å². The van der Waals surface area contributed by atoms with E-state index in [0.717, 1.165) is 0 Å². The third-order valence-electron chi connectivity index (χ3n) is 1.88. The molecule has 0 aromatic carbocycles. The summed E-state index contributed by atoms with van der Waals surface area (Å²) in [6.07, 6.45) is -10.0. The zero-order valence-electron chi connectivity index (χ0n) is 9.74. The summed E-state index contributed by atoms with van der Waals surface area (Å²) < 4.78 is 33.2. The van der Waals surface area contributed by atoms with Crippen molar-refractivity contribution >= 4 is 7.82 Å². The average Bonchev–Trinajstić information content (AvgIpc) is 2.16. The van der Waals surface area contributed by atoms with E-state index in [9.17, 15) is 14.8 Å². The Hall–Kier alpha value is -0.0900. The smallest absolute Gasteiger partial charge is 0.387 e. The molecule has 0 spiro atoms. The number of phosphoric ester groups is 1. The van der Waals surface area contributed by atoms with E-state index in [1.807, 2.05) is 0 Å². The number of phosphoric acid groups is 1. The second-order valence-corrected chi connectivity index (χ2v) is 4.28. The van der Waals surface area contributed by atoms with Gasteiger partial charge in [-0.1, -0.05) is 0 Å². The Morgan fingerprint density at radius 3 is 2.25 bits per heavy atom. The minimum atomic E-state index is -5.23. The van der Waals surface area contributed by atoms with Crippen LogP contribution in [0.2, 0.25) is 0 Å². The fraction of sp³-hybridized carbons (Fsp3) is 1.00. The summed E-state index contributed by atoms with van der Waals surface area (Å²) in [6, 6.07) is 0. The maximum atomic E-state index is 10.5. The van der Waals surface area contributed by atoms with Crippen LogP contribution in [-0.4, -0.2) is 67.5 Å². The topological polar surface area (TPSA) is 157 Å². The third-order valence-corrected chi connectivity index (χ3v) is 2.22. The predicted molar refractivity (Wildman–Crippen MR) is 46.9 cm³/mol. The molecule has 10 heteroatoms. The SMILES string of the molecule is [2H]C([2H])(OP(=O)(O)O)[C@H]1OC(O)[C@H](O)[C@@H](O)[C@@H]1O. The van der Waals surface area contributed by atoms with Gasteiger partial charge in [0, 0.05) is 0 Å². The number of aliphatic hydroxyl groups is 4. The zero-order valence-corrected chi connectivity index (χ0v) is 8.64. The summed E-state index contributed by atoms with van der Waals surface area (Å²) in [5, 5.41) is 37.0. The van der Waals surface area contributed by atoms with Crippen molar-refractivity contribution in [3.05, 3.63) is 0 Å². The van der Waals surface area contributed by atoms with Gasteiger partial charge < -0.3 is 34.9 Å². The van der Waals surface area contributed by atoms with E-state index >= 15 is 0 Å². The normalized spacial score (nSPS) is 43.8. The van der Waals surface area contributed by atoms with Gasteiger partial charge in [0.25, 0.3) is 0 Å². The highest BCUT2D eigenvalue weighted by Crippen LogP contribution is 2.36. The molecule has 1 saturated heterocycles. The standard InChI is InChI=1S/C6H13O9P/c7-3-2(1-14-16(11,12)13)15-6(10)5(9)4(3)8/h2-10H,1H2,(H2,11,12,13)/t2-,3-,4+,5-,6?/m1/s1/i1D2. The lowest BCUT2D eigenvalue weighted by Gasteiger charge is -2.38. The van der Waals surface area contributed by atoms with Gasteiger partial charge in [-0.05, 0) is 0 Å². The van der Waals surface area contributed by atoms with Crippen molar-refractivity contribution in [2.24, 2.45) is 0 Å². The van der Waals surface area contributed by atoms with Crippen molar-refractivity contribution in [3.8, 4) is 0 Å². The second kappa shape index (κ2) is 5.05. The van der Waals surface area contributed by atoms with Gasteiger partial charge in [0.15, 0.2) is 6.29 Å². The quantitative estimate of drug-likeness (QED) is 0.290. The summed E-state index contributed by atoms with van der Waals surface area (Å²) in [6.45, 7) is -3.19. The first kappa shape index (κ1) is 11.0. The van der Waals surface area contributed by atoms with E-state index < -0.39 is 45.1 Å². The van der Waals surface area contributed by atoms with Gasteiger partial charge in [0.1, 0.15) is 24.4 Å². The monoisotopic (exact) mass is 262 g/mol. The van der Waals surface area contributed by atoms with E-state index in [2.05, 4.69) is 9.26 Å². The molecule has 0 saturated carbocycles. The van der Waals surface area contributed by atoms with Gasteiger partial charge in [-0.2, -0.15) is 0 Å². The van der Waals surface area contributed by atoms with E-state index in [-0.39, 0.29) is 0 Å². The molecule has 1 aliphatic heterocycles. The lowest BCUT2D eigenvalue weighted by Crippen LogP contribution is -2.58. The van der Waals surface area contributed by atoms with E-state index in [1.165, 1.54) is 0 Å². The predicted octanol–water partition coefficient (Wildman–Crippen LogP) is -3.10. The molecule has 0 bridgehead atoms. The molecular formula is C6H13O9P. The van der Waals surface area contributed by atoms with Crippen molar-refractivity contribution in [1.29, 1.82) is 0 Å². The van der Waals surface area contributed by atoms with Crippen LogP contribution in [0.4, 0.5) is 0 Å². The molecular weight excluding hydrogens is 247 g/mol. The van der Waals surface area contributed by atoms with E-state index in [4.69, 9.17) is 22.7 Å². The molecule has 96 valence electrons. The van der Waals surface area contributed by atoms with Gasteiger partial charge in [-0.3, -0.25) is 4.52 Å². The lowest BCUT2D eigenvalue weighted by atomic mass is 10.00. The molecule has 16 heavy (non-hydrogen) atoms. The van der Waals surface area contributed by atoms with Crippen LogP contribution in [0.3, 0.4) is 0 Å². The Bertz CT molecular complexity index is 346. The Morgan fingerprint density at radius 1 is 1.19 bits per heavy atom. The van der Waals surface area contributed by atoms with Crippen LogP contribution in [0.25, 0.3) is 0 Å². The third kappa shape index (κ3) is 3.45. The highest BCUT2D eigenvalue weighted by molar-refractivity contribution is 7.46. The van der Waals surface area contributed by atoms with Gasteiger partial charge >= 0.3 is 7.82 Å². The van der Waals surface area contributed by atoms with Gasteiger partial charge in [-0.25, -0.2) is 4.57 Å². The highest BCUT2D eigenvalue weighted by atomic mass is 31.2. The number of hydrogen-bond acceptors (Lipinski definition) is 7. The Morgan fingerprint density at radius 2 is 1.75 bits per heavy atom. The minimum absolute atomic E-state index is 1.89. The molecule has 5 atom stereocenters. The van der Waals surface area contributed by atoms with Crippen LogP contribution < -0.4 is 0 Å². The molecule has 1 heterocycles. The molecule has 1 fully saturated rings. The molecule has 9 nitrogen and oxygen atoms in total. The van der Waals surface area contributed by atoms with Crippen LogP contribution in [0, 0.1) is 0 Å². The summed E-state index contributed by atoms with van der Waals surface area (Å²) >= 11 is 0. The molecule has 1 unspecified atom stereocenters. The first-order valence-electron chi connectivity index (χ1n) is 5.10. The molecule has 0 radical (unpaired) electrons. The van der Waals surface area contributed by atoms with Gasteiger partial charge in [0.2, 0.25) is 0 Å². The van der Waals surface area contributed by atoms with Gasteiger partial charge in [0.05, 0.1) is 9.30 Å². The first-order valence-corrected chi connectivity index (χ1v) is 5.63. The Kier molecular flexibility index (Phi) is 3.48. The lowest BCUT2D eigenvalue weighted by molar-refractivity contribution is -0.285. The van der Waals surface area contributed by atoms with E-state index in [0.29, 0.717) is 0 Å². The highest BCUT2D eigenvalue weighted by Gasteiger charge is 2.43. The van der Waals surface area contributed by atoms with Crippen molar-refractivity contribution in [3.63, 3.8) is 0 Å². The Balaban J connectivity index is 2.91. The van der Waals surface area contributed by atoms with Crippen LogP contribution in [-0.2, 0) is 13.8 Å². The maximum Gasteiger partial charge on any atom is 0.469 e. The van der Waals surface area contributed by atoms with Gasteiger partial charge in [-0.15, -0.1) is 0 Å². The van der Waals surface area contributed by atoms with E-state index in [1.54, 1.807) is 0 Å². The maximum absolute atomic E-state index is 10.5. The molecule has 0 aromatic heterocycles. The fourth-order valence-corrected chi connectivity index (χ4v) is 1.32. The number of aliphatic hydroxyl groups excluding tert-OH is 4. The summed E-state index contributed by atoms with van der Waals surface area (Å²) in [5.41, 5.74) is 0. The second-order valence-electron chi connectivity index (χ2n) is 3.12. The molecule has 6 N–H and O–H groups in total. The van der Waals surface area contributed by atoms with Crippen LogP contribution in [0.15, 0.2) is 0 Å². The van der Waals surface area contributed by atoms with Crippen LogP contribution in [0.1, 0.15) is 2.74 Å². The minimum Gasteiger partial charge on any atom is -0.387 e. The van der Waals surface area contributed by atoms with Crippen LogP contribution >= 0.6 is 7.82 Å².